The molecule has 1 aliphatic rings. The predicted octanol–water partition coefficient (Wildman–Crippen LogP) is 2.53. The summed E-state index contributed by atoms with van der Waals surface area (Å²) < 4.78 is 7.98. The summed E-state index contributed by atoms with van der Waals surface area (Å²) in [7, 11) is 0. The summed E-state index contributed by atoms with van der Waals surface area (Å²) in [5, 5.41) is 0. The van der Waals surface area contributed by atoms with Crippen LogP contribution in [0, 0.1) is 19.8 Å². The van der Waals surface area contributed by atoms with Crippen molar-refractivity contribution in [2.45, 2.75) is 39.8 Å². The Hall–Kier alpha value is -0.760. The van der Waals surface area contributed by atoms with Gasteiger partial charge in [-0.1, -0.05) is 0 Å². The standard InChI is InChI=1S/C12H19NO/c1-9-4-5-10(2)13(9)8-12-6-7-14-11(12)3/h4-5,11-12H,6-8H2,1-3H3. The number of hydrogen-bond donors (Lipinski definition) is 0. The second-order valence-corrected chi connectivity index (χ2v) is 4.35. The van der Waals surface area contributed by atoms with E-state index in [2.05, 4.69) is 37.5 Å². The lowest BCUT2D eigenvalue weighted by Gasteiger charge is -2.17. The van der Waals surface area contributed by atoms with Gasteiger partial charge in [0.2, 0.25) is 0 Å². The molecule has 1 fully saturated rings. The van der Waals surface area contributed by atoms with Crippen LogP contribution in [0.1, 0.15) is 24.7 Å². The molecule has 0 saturated carbocycles. The molecule has 0 N–H and O–H groups in total. The number of aryl methyl sites for hydroxylation is 2. The lowest BCUT2D eigenvalue weighted by Crippen LogP contribution is -2.19. The van der Waals surface area contributed by atoms with E-state index in [0.29, 0.717) is 12.0 Å². The Bertz CT molecular complexity index is 297. The van der Waals surface area contributed by atoms with Crippen molar-refractivity contribution in [1.82, 2.24) is 4.57 Å². The zero-order chi connectivity index (χ0) is 10.1. The van der Waals surface area contributed by atoms with Crippen LogP contribution in [0.4, 0.5) is 0 Å². The molecule has 1 aromatic heterocycles. The Kier molecular flexibility index (Phi) is 2.64. The van der Waals surface area contributed by atoms with Crippen LogP contribution in [0.25, 0.3) is 0 Å². The normalized spacial score (nSPS) is 27.1. The van der Waals surface area contributed by atoms with Gasteiger partial charge in [-0.2, -0.15) is 0 Å². The van der Waals surface area contributed by atoms with Gasteiger partial charge in [-0.25, -0.2) is 0 Å². The molecule has 2 atom stereocenters. The molecule has 78 valence electrons. The maximum Gasteiger partial charge on any atom is 0.0593 e. The number of ether oxygens (including phenoxy) is 1. The summed E-state index contributed by atoms with van der Waals surface area (Å²) in [6.07, 6.45) is 1.63. The molecule has 0 aromatic carbocycles. The fourth-order valence-electron chi connectivity index (χ4n) is 2.24. The topological polar surface area (TPSA) is 14.2 Å². The van der Waals surface area contributed by atoms with Gasteiger partial charge in [0, 0.05) is 30.5 Å². The molecule has 2 nitrogen and oxygen atoms in total. The summed E-state index contributed by atoms with van der Waals surface area (Å²) in [5.74, 6) is 0.694. The molecule has 2 unspecified atom stereocenters. The molecule has 0 spiro atoms. The first-order chi connectivity index (χ1) is 6.68. The van der Waals surface area contributed by atoms with Crippen molar-refractivity contribution < 1.29 is 4.74 Å². The summed E-state index contributed by atoms with van der Waals surface area (Å²) in [5.41, 5.74) is 2.73. The van der Waals surface area contributed by atoms with E-state index >= 15 is 0 Å². The van der Waals surface area contributed by atoms with Gasteiger partial charge in [0.15, 0.2) is 0 Å². The Morgan fingerprint density at radius 3 is 2.50 bits per heavy atom. The van der Waals surface area contributed by atoms with Crippen LogP contribution in [0.3, 0.4) is 0 Å². The third-order valence-corrected chi connectivity index (χ3v) is 3.37. The molecule has 1 aromatic rings. The van der Waals surface area contributed by atoms with Crippen LogP contribution in [-0.2, 0) is 11.3 Å². The van der Waals surface area contributed by atoms with Crippen LogP contribution in [0.15, 0.2) is 12.1 Å². The number of hydrogen-bond acceptors (Lipinski definition) is 1. The molecule has 2 heterocycles. The SMILES string of the molecule is Cc1ccc(C)n1CC1CCOC1C. The van der Waals surface area contributed by atoms with Crippen LogP contribution >= 0.6 is 0 Å². The molecule has 1 aliphatic heterocycles. The summed E-state index contributed by atoms with van der Waals surface area (Å²) in [6.45, 7) is 8.59. The first-order valence-corrected chi connectivity index (χ1v) is 5.43. The van der Waals surface area contributed by atoms with Crippen molar-refractivity contribution in [3.8, 4) is 0 Å². The van der Waals surface area contributed by atoms with Crippen LogP contribution in [0.2, 0.25) is 0 Å². The molecule has 0 amide bonds. The average molecular weight is 193 g/mol. The van der Waals surface area contributed by atoms with Gasteiger partial charge in [-0.05, 0) is 39.3 Å². The van der Waals surface area contributed by atoms with E-state index in [-0.39, 0.29) is 0 Å². The van der Waals surface area contributed by atoms with Gasteiger partial charge in [-0.3, -0.25) is 0 Å². The first kappa shape index (κ1) is 9.78. The zero-order valence-electron chi connectivity index (χ0n) is 9.29. The Morgan fingerprint density at radius 2 is 2.00 bits per heavy atom. The number of aromatic nitrogens is 1. The third-order valence-electron chi connectivity index (χ3n) is 3.37. The monoisotopic (exact) mass is 193 g/mol. The molecule has 0 aliphatic carbocycles. The molecule has 2 rings (SSSR count). The van der Waals surface area contributed by atoms with E-state index in [1.807, 2.05) is 0 Å². The quantitative estimate of drug-likeness (QED) is 0.704. The van der Waals surface area contributed by atoms with Crippen molar-refractivity contribution >= 4 is 0 Å². The molecule has 2 heteroatoms. The Balaban J connectivity index is 2.10. The highest BCUT2D eigenvalue weighted by atomic mass is 16.5. The smallest absolute Gasteiger partial charge is 0.0593 e. The van der Waals surface area contributed by atoms with E-state index in [1.54, 1.807) is 0 Å². The molecule has 14 heavy (non-hydrogen) atoms. The van der Waals surface area contributed by atoms with Gasteiger partial charge in [0.25, 0.3) is 0 Å². The minimum absolute atomic E-state index is 0.427. The highest BCUT2D eigenvalue weighted by Gasteiger charge is 2.24. The number of rotatable bonds is 2. The van der Waals surface area contributed by atoms with E-state index in [9.17, 15) is 0 Å². The summed E-state index contributed by atoms with van der Waals surface area (Å²) in [4.78, 5) is 0. The Labute approximate surface area is 85.9 Å². The van der Waals surface area contributed by atoms with Gasteiger partial charge in [0.05, 0.1) is 6.10 Å². The summed E-state index contributed by atoms with van der Waals surface area (Å²) >= 11 is 0. The van der Waals surface area contributed by atoms with Gasteiger partial charge in [-0.15, -0.1) is 0 Å². The van der Waals surface area contributed by atoms with E-state index < -0.39 is 0 Å². The second-order valence-electron chi connectivity index (χ2n) is 4.35. The first-order valence-electron chi connectivity index (χ1n) is 5.43. The number of nitrogens with zero attached hydrogens (tertiary/aromatic N) is 1. The van der Waals surface area contributed by atoms with Gasteiger partial charge < -0.3 is 9.30 Å². The van der Waals surface area contributed by atoms with Crippen molar-refractivity contribution in [2.75, 3.05) is 6.61 Å². The molecule has 0 radical (unpaired) electrons. The largest absolute Gasteiger partial charge is 0.378 e. The third kappa shape index (κ3) is 1.71. The molecule has 1 saturated heterocycles. The van der Waals surface area contributed by atoms with Crippen LogP contribution < -0.4 is 0 Å². The van der Waals surface area contributed by atoms with Crippen molar-refractivity contribution in [3.63, 3.8) is 0 Å². The minimum atomic E-state index is 0.427. The molecular weight excluding hydrogens is 174 g/mol. The maximum absolute atomic E-state index is 5.58. The van der Waals surface area contributed by atoms with E-state index in [1.165, 1.54) is 17.8 Å². The zero-order valence-corrected chi connectivity index (χ0v) is 9.29. The maximum atomic E-state index is 5.58. The average Bonchev–Trinajstić information content (AvgIpc) is 2.67. The van der Waals surface area contributed by atoms with Crippen LogP contribution in [0.5, 0.6) is 0 Å². The lowest BCUT2D eigenvalue weighted by molar-refractivity contribution is 0.101. The molecular formula is C12H19NO. The molecule has 0 bridgehead atoms. The Morgan fingerprint density at radius 1 is 1.36 bits per heavy atom. The van der Waals surface area contributed by atoms with E-state index in [0.717, 1.165) is 13.2 Å². The second kappa shape index (κ2) is 3.77. The van der Waals surface area contributed by atoms with Crippen LogP contribution in [-0.4, -0.2) is 17.3 Å². The highest BCUT2D eigenvalue weighted by molar-refractivity contribution is 5.13. The minimum Gasteiger partial charge on any atom is -0.378 e. The van der Waals surface area contributed by atoms with Gasteiger partial charge in [0.1, 0.15) is 0 Å². The van der Waals surface area contributed by atoms with Gasteiger partial charge >= 0.3 is 0 Å². The predicted molar refractivity (Wildman–Crippen MR) is 57.4 cm³/mol. The highest BCUT2D eigenvalue weighted by Crippen LogP contribution is 2.23. The fraction of sp³-hybridized carbons (Fsp3) is 0.667. The fourth-order valence-corrected chi connectivity index (χ4v) is 2.24. The van der Waals surface area contributed by atoms with Crippen molar-refractivity contribution in [2.24, 2.45) is 5.92 Å². The van der Waals surface area contributed by atoms with Crippen molar-refractivity contribution in [3.05, 3.63) is 23.5 Å². The van der Waals surface area contributed by atoms with Crippen molar-refractivity contribution in [1.29, 1.82) is 0 Å². The van der Waals surface area contributed by atoms with E-state index in [4.69, 9.17) is 4.74 Å². The lowest BCUT2D eigenvalue weighted by atomic mass is 10.0. The summed E-state index contributed by atoms with van der Waals surface area (Å²) in [6, 6.07) is 4.38.